The van der Waals surface area contributed by atoms with Crippen molar-refractivity contribution in [2.24, 2.45) is 5.41 Å². The number of benzene rings is 2. The molecule has 0 unspecified atom stereocenters. The highest BCUT2D eigenvalue weighted by molar-refractivity contribution is 5.39. The lowest BCUT2D eigenvalue weighted by molar-refractivity contribution is -0.904. The zero-order valence-corrected chi connectivity index (χ0v) is 20.2. The molecule has 2 aromatic rings. The molecule has 0 atom stereocenters. The van der Waals surface area contributed by atoms with Crippen LogP contribution >= 0.6 is 0 Å². The fourth-order valence-corrected chi connectivity index (χ4v) is 4.35. The Hall–Kier alpha value is -1.84. The second-order valence-corrected chi connectivity index (χ2v) is 10.9. The van der Waals surface area contributed by atoms with Crippen LogP contribution in [0.15, 0.2) is 54.6 Å². The van der Waals surface area contributed by atoms with E-state index in [-0.39, 0.29) is 10.8 Å². The van der Waals surface area contributed by atoms with E-state index in [0.717, 1.165) is 36.3 Å². The van der Waals surface area contributed by atoms with Gasteiger partial charge in [-0.15, -0.1) is 0 Å². The van der Waals surface area contributed by atoms with Crippen LogP contribution in [0.3, 0.4) is 0 Å². The van der Waals surface area contributed by atoms with Gasteiger partial charge in [-0.1, -0.05) is 83.1 Å². The molecule has 0 aliphatic rings. The molecule has 30 heavy (non-hydrogen) atoms. The molecule has 2 aromatic carbocycles. The lowest BCUT2D eigenvalue weighted by Crippen LogP contribution is -2.41. The van der Waals surface area contributed by atoms with E-state index in [9.17, 15) is 0 Å². The Labute approximate surface area is 184 Å². The fraction of sp³-hybridized carbons (Fsp3) is 0.556. The molecule has 0 radical (unpaired) electrons. The molecule has 0 amide bonds. The first-order valence-corrected chi connectivity index (χ1v) is 11.1. The summed E-state index contributed by atoms with van der Waals surface area (Å²) in [4.78, 5) is 0. The van der Waals surface area contributed by atoms with Crippen LogP contribution in [0.25, 0.3) is 0 Å². The summed E-state index contributed by atoms with van der Waals surface area (Å²) in [5.41, 5.74) is 2.97. The van der Waals surface area contributed by atoms with Gasteiger partial charge >= 0.3 is 0 Å². The van der Waals surface area contributed by atoms with Crippen LogP contribution in [0.5, 0.6) is 5.75 Å². The molecule has 3 nitrogen and oxygen atoms in total. The molecule has 0 heterocycles. The molecular formula is C27H42NO2+. The van der Waals surface area contributed by atoms with Crippen LogP contribution in [0, 0.1) is 5.41 Å². The van der Waals surface area contributed by atoms with E-state index >= 15 is 0 Å². The van der Waals surface area contributed by atoms with Crippen LogP contribution in [-0.4, -0.2) is 44.9 Å². The smallest absolute Gasteiger partial charge is 0.123 e. The van der Waals surface area contributed by atoms with E-state index < -0.39 is 0 Å². The Morgan fingerprint density at radius 2 is 1.40 bits per heavy atom. The minimum absolute atomic E-state index is 0.0641. The van der Waals surface area contributed by atoms with Crippen molar-refractivity contribution in [3.63, 3.8) is 0 Å². The monoisotopic (exact) mass is 412 g/mol. The van der Waals surface area contributed by atoms with E-state index in [1.807, 2.05) is 0 Å². The number of para-hydroxylation sites is 1. The predicted octanol–water partition coefficient (Wildman–Crippen LogP) is 6.07. The SMILES string of the molecule is CC(C)(C)CC(C)(C)c1ccccc1OCCOCC[N+](C)(C)Cc1ccccc1. The molecule has 0 fully saturated rings. The third kappa shape index (κ3) is 8.49. The molecule has 0 aliphatic carbocycles. The summed E-state index contributed by atoms with van der Waals surface area (Å²) < 4.78 is 12.9. The van der Waals surface area contributed by atoms with Gasteiger partial charge in [0, 0.05) is 5.56 Å². The Balaban J connectivity index is 1.78. The maximum Gasteiger partial charge on any atom is 0.123 e. The molecule has 2 rings (SSSR count). The maximum atomic E-state index is 6.14. The number of hydrogen-bond acceptors (Lipinski definition) is 2. The number of hydrogen-bond donors (Lipinski definition) is 0. The summed E-state index contributed by atoms with van der Waals surface area (Å²) in [6, 6.07) is 19.1. The van der Waals surface area contributed by atoms with Crippen LogP contribution in [0.2, 0.25) is 0 Å². The third-order valence-electron chi connectivity index (χ3n) is 5.37. The van der Waals surface area contributed by atoms with Gasteiger partial charge < -0.3 is 14.0 Å². The van der Waals surface area contributed by atoms with Crippen LogP contribution < -0.4 is 4.74 Å². The van der Waals surface area contributed by atoms with Gasteiger partial charge in [0.25, 0.3) is 0 Å². The van der Waals surface area contributed by atoms with E-state index in [4.69, 9.17) is 9.47 Å². The fourth-order valence-electron chi connectivity index (χ4n) is 4.35. The van der Waals surface area contributed by atoms with Crippen molar-refractivity contribution < 1.29 is 14.0 Å². The lowest BCUT2D eigenvalue weighted by atomic mass is 9.72. The Bertz CT molecular complexity index is 760. The Morgan fingerprint density at radius 3 is 2.07 bits per heavy atom. The van der Waals surface area contributed by atoms with Crippen LogP contribution in [0.4, 0.5) is 0 Å². The normalized spacial score (nSPS) is 12.8. The molecule has 0 saturated heterocycles. The zero-order chi connectivity index (χ0) is 22.3. The summed E-state index contributed by atoms with van der Waals surface area (Å²) in [5.74, 6) is 0.982. The molecular weight excluding hydrogens is 370 g/mol. The first-order chi connectivity index (χ1) is 14.0. The Morgan fingerprint density at radius 1 is 0.767 bits per heavy atom. The highest BCUT2D eigenvalue weighted by atomic mass is 16.5. The van der Waals surface area contributed by atoms with Crippen molar-refractivity contribution in [3.05, 3.63) is 65.7 Å². The molecule has 166 valence electrons. The molecule has 3 heteroatoms. The molecule has 0 bridgehead atoms. The third-order valence-corrected chi connectivity index (χ3v) is 5.37. The standard InChI is InChI=1S/C27H42NO2/c1-26(2,3)22-27(4,5)24-15-11-12-16-25(24)30-20-19-29-18-17-28(6,7)21-23-13-9-8-10-14-23/h8-16H,17-22H2,1-7H3/q+1. The molecule has 0 aromatic heterocycles. The first-order valence-electron chi connectivity index (χ1n) is 11.1. The van der Waals surface area contributed by atoms with Crippen molar-refractivity contribution in [1.82, 2.24) is 0 Å². The summed E-state index contributed by atoms with van der Waals surface area (Å²) in [6.07, 6.45) is 1.10. The molecule has 0 saturated carbocycles. The second kappa shape index (κ2) is 10.5. The molecule has 0 aliphatic heterocycles. The number of ether oxygens (including phenoxy) is 2. The summed E-state index contributed by atoms with van der Waals surface area (Å²) in [7, 11) is 4.50. The zero-order valence-electron chi connectivity index (χ0n) is 20.2. The summed E-state index contributed by atoms with van der Waals surface area (Å²) in [5, 5.41) is 0. The molecule has 0 spiro atoms. The van der Waals surface area contributed by atoms with Crippen molar-refractivity contribution in [3.8, 4) is 5.75 Å². The van der Waals surface area contributed by atoms with Crippen LogP contribution in [-0.2, 0) is 16.7 Å². The van der Waals surface area contributed by atoms with E-state index in [0.29, 0.717) is 13.2 Å². The quantitative estimate of drug-likeness (QED) is 0.329. The topological polar surface area (TPSA) is 18.5 Å². The van der Waals surface area contributed by atoms with Crippen molar-refractivity contribution in [2.45, 2.75) is 53.0 Å². The predicted molar refractivity (Wildman–Crippen MR) is 127 cm³/mol. The largest absolute Gasteiger partial charge is 0.491 e. The van der Waals surface area contributed by atoms with Gasteiger partial charge in [0.2, 0.25) is 0 Å². The van der Waals surface area contributed by atoms with Gasteiger partial charge in [-0.25, -0.2) is 0 Å². The van der Waals surface area contributed by atoms with Gasteiger partial charge in [-0.3, -0.25) is 0 Å². The second-order valence-electron chi connectivity index (χ2n) is 10.9. The number of likely N-dealkylation sites (N-methyl/N-ethyl adjacent to an activating group) is 1. The van der Waals surface area contributed by atoms with Crippen LogP contribution in [0.1, 0.15) is 52.2 Å². The highest BCUT2D eigenvalue weighted by Gasteiger charge is 2.29. The lowest BCUT2D eigenvalue weighted by Gasteiger charge is -2.34. The van der Waals surface area contributed by atoms with Gasteiger partial charge in [0.15, 0.2) is 0 Å². The van der Waals surface area contributed by atoms with E-state index in [1.165, 1.54) is 11.1 Å². The summed E-state index contributed by atoms with van der Waals surface area (Å²) >= 11 is 0. The highest BCUT2D eigenvalue weighted by Crippen LogP contribution is 2.40. The first kappa shape index (κ1) is 24.4. The van der Waals surface area contributed by atoms with Gasteiger partial charge in [0.1, 0.15) is 25.4 Å². The molecule has 0 N–H and O–H groups in total. The number of rotatable bonds is 11. The minimum atomic E-state index is 0.0641. The summed E-state index contributed by atoms with van der Waals surface area (Å²) in [6.45, 7) is 15.4. The number of nitrogens with zero attached hydrogens (tertiary/aromatic N) is 1. The van der Waals surface area contributed by atoms with E-state index in [2.05, 4.69) is 103 Å². The van der Waals surface area contributed by atoms with Gasteiger partial charge in [0.05, 0.1) is 27.3 Å². The van der Waals surface area contributed by atoms with Gasteiger partial charge in [-0.05, 0) is 28.9 Å². The van der Waals surface area contributed by atoms with Crippen molar-refractivity contribution >= 4 is 0 Å². The maximum absolute atomic E-state index is 6.14. The Kier molecular flexibility index (Phi) is 8.52. The average Bonchev–Trinajstić information content (AvgIpc) is 2.63. The number of quaternary nitrogens is 1. The van der Waals surface area contributed by atoms with Crippen molar-refractivity contribution in [1.29, 1.82) is 0 Å². The average molecular weight is 413 g/mol. The van der Waals surface area contributed by atoms with E-state index in [1.54, 1.807) is 0 Å². The van der Waals surface area contributed by atoms with Gasteiger partial charge in [-0.2, -0.15) is 0 Å². The minimum Gasteiger partial charge on any atom is -0.491 e. The van der Waals surface area contributed by atoms with Crippen molar-refractivity contribution in [2.75, 3.05) is 40.5 Å².